The zero-order chi connectivity index (χ0) is 13.1. The third kappa shape index (κ3) is 3.02. The Hall–Kier alpha value is -0.650. The minimum atomic E-state index is 0.125. The normalized spacial score (nSPS) is 20.3. The van der Waals surface area contributed by atoms with Gasteiger partial charge >= 0.3 is 0 Å². The molecule has 5 nitrogen and oxygen atoms in total. The van der Waals surface area contributed by atoms with E-state index < -0.39 is 0 Å². The summed E-state index contributed by atoms with van der Waals surface area (Å²) in [6, 6.07) is 0.546. The van der Waals surface area contributed by atoms with E-state index in [9.17, 15) is 0 Å². The molecule has 0 amide bonds. The third-order valence-corrected chi connectivity index (χ3v) is 3.76. The van der Waals surface area contributed by atoms with E-state index in [1.54, 1.807) is 0 Å². The van der Waals surface area contributed by atoms with E-state index in [0.29, 0.717) is 17.0 Å². The summed E-state index contributed by atoms with van der Waals surface area (Å²) in [6.07, 6.45) is 2.46. The molecule has 0 spiro atoms. The van der Waals surface area contributed by atoms with Gasteiger partial charge in [-0.05, 0) is 37.5 Å². The van der Waals surface area contributed by atoms with Crippen LogP contribution in [0.5, 0.6) is 0 Å². The Bertz CT molecular complexity index is 414. The van der Waals surface area contributed by atoms with Crippen molar-refractivity contribution < 1.29 is 0 Å². The van der Waals surface area contributed by atoms with Crippen molar-refractivity contribution in [3.05, 3.63) is 10.4 Å². The average molecular weight is 290 g/mol. The van der Waals surface area contributed by atoms with E-state index in [1.807, 2.05) is 11.9 Å². The van der Waals surface area contributed by atoms with E-state index in [4.69, 9.17) is 23.2 Å². The van der Waals surface area contributed by atoms with Crippen LogP contribution in [0.3, 0.4) is 0 Å². The number of nitrogens with zero attached hydrogens (tertiary/aromatic N) is 5. The van der Waals surface area contributed by atoms with Gasteiger partial charge in [0.15, 0.2) is 11.0 Å². The van der Waals surface area contributed by atoms with Crippen LogP contribution in [0.25, 0.3) is 0 Å². The number of hydrogen-bond acceptors (Lipinski definition) is 5. The number of likely N-dealkylation sites (N-methyl/N-ethyl adjacent to an activating group) is 2. The number of rotatable bonds is 4. The lowest BCUT2D eigenvalue weighted by Gasteiger charge is -2.28. The molecule has 100 valence electrons. The molecule has 1 saturated heterocycles. The summed E-state index contributed by atoms with van der Waals surface area (Å²) in [5.41, 5.74) is 0. The monoisotopic (exact) mass is 289 g/mol. The Morgan fingerprint density at radius 1 is 1.39 bits per heavy atom. The summed E-state index contributed by atoms with van der Waals surface area (Å²) in [5.74, 6) is 0.597. The van der Waals surface area contributed by atoms with Crippen molar-refractivity contribution in [2.75, 3.05) is 31.6 Å². The zero-order valence-electron chi connectivity index (χ0n) is 10.6. The number of anilines is 1. The molecule has 1 aromatic rings. The first-order chi connectivity index (χ1) is 8.61. The van der Waals surface area contributed by atoms with Crippen molar-refractivity contribution >= 4 is 29.0 Å². The highest BCUT2D eigenvalue weighted by Gasteiger charge is 2.25. The van der Waals surface area contributed by atoms with E-state index in [0.717, 1.165) is 13.1 Å². The first-order valence-electron chi connectivity index (χ1n) is 6.12. The van der Waals surface area contributed by atoms with Crippen LogP contribution in [0, 0.1) is 0 Å². The molecule has 18 heavy (non-hydrogen) atoms. The van der Waals surface area contributed by atoms with E-state index in [1.165, 1.54) is 19.4 Å². The number of aromatic nitrogens is 3. The van der Waals surface area contributed by atoms with Gasteiger partial charge in [0, 0.05) is 19.6 Å². The SMILES string of the molecule is CCN1CCCC1CN(C)c1nc(Cl)nnc1Cl. The maximum Gasteiger partial charge on any atom is 0.245 e. The Labute approximate surface area is 117 Å². The Morgan fingerprint density at radius 2 is 2.17 bits per heavy atom. The van der Waals surface area contributed by atoms with Crippen LogP contribution in [0.15, 0.2) is 0 Å². The summed E-state index contributed by atoms with van der Waals surface area (Å²) >= 11 is 11.7. The van der Waals surface area contributed by atoms with Crippen LogP contribution in [0.2, 0.25) is 10.4 Å². The van der Waals surface area contributed by atoms with Crippen LogP contribution < -0.4 is 4.90 Å². The highest BCUT2D eigenvalue weighted by molar-refractivity contribution is 6.32. The highest BCUT2D eigenvalue weighted by atomic mass is 35.5. The van der Waals surface area contributed by atoms with Gasteiger partial charge < -0.3 is 4.90 Å². The summed E-state index contributed by atoms with van der Waals surface area (Å²) < 4.78 is 0. The maximum atomic E-state index is 6.00. The second-order valence-electron chi connectivity index (χ2n) is 4.50. The molecule has 0 N–H and O–H groups in total. The third-order valence-electron chi connectivity index (χ3n) is 3.35. The van der Waals surface area contributed by atoms with Crippen LogP contribution in [0.4, 0.5) is 5.82 Å². The van der Waals surface area contributed by atoms with Crippen molar-refractivity contribution in [2.24, 2.45) is 0 Å². The van der Waals surface area contributed by atoms with Gasteiger partial charge in [0.05, 0.1) is 0 Å². The van der Waals surface area contributed by atoms with Gasteiger partial charge in [-0.1, -0.05) is 18.5 Å². The number of halogens is 2. The Morgan fingerprint density at radius 3 is 2.89 bits per heavy atom. The second-order valence-corrected chi connectivity index (χ2v) is 5.20. The molecule has 2 heterocycles. The lowest BCUT2D eigenvalue weighted by molar-refractivity contribution is 0.270. The fraction of sp³-hybridized carbons (Fsp3) is 0.727. The predicted molar refractivity (Wildman–Crippen MR) is 73.4 cm³/mol. The lowest BCUT2D eigenvalue weighted by atomic mass is 10.2. The summed E-state index contributed by atoms with van der Waals surface area (Å²) in [4.78, 5) is 8.61. The molecule has 0 radical (unpaired) electrons. The van der Waals surface area contributed by atoms with Crippen molar-refractivity contribution in [1.29, 1.82) is 0 Å². The first-order valence-corrected chi connectivity index (χ1v) is 6.88. The standard InChI is InChI=1S/C11H17Cl2N5/c1-3-18-6-4-5-8(18)7-17(2)10-9(12)15-16-11(13)14-10/h8H,3-7H2,1-2H3. The molecular formula is C11H17Cl2N5. The van der Waals surface area contributed by atoms with Crippen molar-refractivity contribution in [2.45, 2.75) is 25.8 Å². The average Bonchev–Trinajstić information content (AvgIpc) is 2.79. The van der Waals surface area contributed by atoms with E-state index in [2.05, 4.69) is 27.0 Å². The van der Waals surface area contributed by atoms with Gasteiger partial charge in [-0.3, -0.25) is 4.90 Å². The summed E-state index contributed by atoms with van der Waals surface area (Å²) in [7, 11) is 1.96. The summed E-state index contributed by atoms with van der Waals surface area (Å²) in [5, 5.41) is 7.82. The van der Waals surface area contributed by atoms with Crippen LogP contribution in [-0.2, 0) is 0 Å². The molecular weight excluding hydrogens is 273 g/mol. The smallest absolute Gasteiger partial charge is 0.245 e. The predicted octanol–water partition coefficient (Wildman–Crippen LogP) is 2.10. The minimum Gasteiger partial charge on any atom is -0.355 e. The molecule has 0 aromatic carbocycles. The van der Waals surface area contributed by atoms with Crippen LogP contribution in [0.1, 0.15) is 19.8 Å². The second kappa shape index (κ2) is 5.99. The van der Waals surface area contributed by atoms with E-state index >= 15 is 0 Å². The molecule has 1 aromatic heterocycles. The zero-order valence-corrected chi connectivity index (χ0v) is 12.1. The van der Waals surface area contributed by atoms with Crippen LogP contribution in [-0.4, -0.2) is 52.8 Å². The molecule has 1 unspecified atom stereocenters. The molecule has 1 aliphatic heterocycles. The van der Waals surface area contributed by atoms with Gasteiger partial charge in [-0.25, -0.2) is 0 Å². The molecule has 1 aliphatic rings. The van der Waals surface area contributed by atoms with Gasteiger partial charge in [-0.2, -0.15) is 4.98 Å². The quantitative estimate of drug-likeness (QED) is 0.849. The van der Waals surface area contributed by atoms with Gasteiger partial charge in [0.1, 0.15) is 0 Å². The fourth-order valence-corrected chi connectivity index (χ4v) is 2.79. The summed E-state index contributed by atoms with van der Waals surface area (Å²) in [6.45, 7) is 5.32. The maximum absolute atomic E-state index is 6.00. The molecule has 1 fully saturated rings. The Kier molecular flexibility index (Phi) is 4.59. The Balaban J connectivity index is 2.07. The number of hydrogen-bond donors (Lipinski definition) is 0. The molecule has 2 rings (SSSR count). The lowest BCUT2D eigenvalue weighted by Crippen LogP contribution is -2.39. The largest absolute Gasteiger partial charge is 0.355 e. The number of likely N-dealkylation sites (tertiary alicyclic amines) is 1. The highest BCUT2D eigenvalue weighted by Crippen LogP contribution is 2.23. The van der Waals surface area contributed by atoms with Gasteiger partial charge in [0.2, 0.25) is 5.28 Å². The molecule has 7 heteroatoms. The molecule has 0 saturated carbocycles. The first kappa shape index (κ1) is 13.8. The van der Waals surface area contributed by atoms with Crippen molar-refractivity contribution in [3.8, 4) is 0 Å². The van der Waals surface area contributed by atoms with Crippen molar-refractivity contribution in [1.82, 2.24) is 20.1 Å². The minimum absolute atomic E-state index is 0.125. The fourth-order valence-electron chi connectivity index (χ4n) is 2.45. The van der Waals surface area contributed by atoms with Gasteiger partial charge in [0.25, 0.3) is 0 Å². The molecule has 0 bridgehead atoms. The van der Waals surface area contributed by atoms with Crippen LogP contribution >= 0.6 is 23.2 Å². The molecule has 1 atom stereocenters. The van der Waals surface area contributed by atoms with Crippen molar-refractivity contribution in [3.63, 3.8) is 0 Å². The topological polar surface area (TPSA) is 45.2 Å². The van der Waals surface area contributed by atoms with Gasteiger partial charge in [-0.15, -0.1) is 10.2 Å². The molecule has 0 aliphatic carbocycles. The van der Waals surface area contributed by atoms with E-state index in [-0.39, 0.29) is 5.28 Å².